The van der Waals surface area contributed by atoms with Crippen LogP contribution in [0.1, 0.15) is 21.5 Å². The summed E-state index contributed by atoms with van der Waals surface area (Å²) in [6, 6.07) is 16.8. The summed E-state index contributed by atoms with van der Waals surface area (Å²) >= 11 is 0. The maximum Gasteiger partial charge on any atom is 0.346 e. The number of nitrogens with zero attached hydrogens (tertiary/aromatic N) is 1. The van der Waals surface area contributed by atoms with Gasteiger partial charge in [-0.25, -0.2) is 13.6 Å². The fourth-order valence-corrected chi connectivity index (χ4v) is 2.42. The van der Waals surface area contributed by atoms with E-state index >= 15 is 0 Å². The zero-order valence-corrected chi connectivity index (χ0v) is 13.8. The Bertz CT molecular complexity index is 1020. The van der Waals surface area contributed by atoms with Gasteiger partial charge >= 0.3 is 5.97 Å². The summed E-state index contributed by atoms with van der Waals surface area (Å²) in [4.78, 5) is 12.1. The Kier molecular flexibility index (Phi) is 4.76. The first kappa shape index (κ1) is 17.3. The number of rotatable bonds is 3. The Balaban J connectivity index is 1.83. The molecule has 0 atom stereocenters. The van der Waals surface area contributed by atoms with Crippen molar-refractivity contribution in [3.8, 4) is 22.9 Å². The van der Waals surface area contributed by atoms with Crippen molar-refractivity contribution in [2.75, 3.05) is 0 Å². The highest BCUT2D eigenvalue weighted by Crippen LogP contribution is 2.24. The number of hydrogen-bond acceptors (Lipinski definition) is 3. The van der Waals surface area contributed by atoms with Crippen molar-refractivity contribution in [1.29, 1.82) is 5.26 Å². The highest BCUT2D eigenvalue weighted by molar-refractivity contribution is 5.92. The van der Waals surface area contributed by atoms with Gasteiger partial charge in [0.1, 0.15) is 23.5 Å². The van der Waals surface area contributed by atoms with Crippen LogP contribution in [0, 0.1) is 29.9 Å². The van der Waals surface area contributed by atoms with Gasteiger partial charge in [-0.3, -0.25) is 0 Å². The quantitative estimate of drug-likeness (QED) is 0.492. The van der Waals surface area contributed by atoms with E-state index in [9.17, 15) is 13.6 Å². The lowest BCUT2D eigenvalue weighted by atomic mass is 10.0. The minimum atomic E-state index is -0.943. The lowest BCUT2D eigenvalue weighted by Gasteiger charge is -2.08. The molecule has 26 heavy (non-hydrogen) atoms. The molecule has 3 aromatic rings. The first-order valence-corrected chi connectivity index (χ1v) is 7.76. The first-order chi connectivity index (χ1) is 12.5. The van der Waals surface area contributed by atoms with Crippen molar-refractivity contribution < 1.29 is 18.3 Å². The lowest BCUT2D eigenvalue weighted by Crippen LogP contribution is -2.11. The molecule has 3 rings (SSSR count). The van der Waals surface area contributed by atoms with Crippen molar-refractivity contribution >= 4 is 5.97 Å². The molecule has 0 aliphatic heterocycles. The van der Waals surface area contributed by atoms with Gasteiger partial charge in [0.2, 0.25) is 0 Å². The molecule has 0 radical (unpaired) electrons. The van der Waals surface area contributed by atoms with Crippen LogP contribution in [0.2, 0.25) is 0 Å². The van der Waals surface area contributed by atoms with Crippen LogP contribution in [0.15, 0.2) is 60.7 Å². The molecular formula is C21H13F2NO2. The van der Waals surface area contributed by atoms with Crippen LogP contribution in [-0.4, -0.2) is 5.97 Å². The summed E-state index contributed by atoms with van der Waals surface area (Å²) in [5.74, 6) is -2.59. The standard InChI is InChI=1S/C21H13F2NO2/c1-13-2-4-14(5-3-13)15-7-9-18(20(23)10-15)21(25)26-17-8-6-16(12-24)19(22)11-17/h2-11H,1H3. The maximum absolute atomic E-state index is 14.3. The van der Waals surface area contributed by atoms with Crippen LogP contribution >= 0.6 is 0 Å². The van der Waals surface area contributed by atoms with Gasteiger partial charge in [0.15, 0.2) is 0 Å². The van der Waals surface area contributed by atoms with Gasteiger partial charge in [0.05, 0.1) is 11.1 Å². The second-order valence-corrected chi connectivity index (χ2v) is 5.70. The smallest absolute Gasteiger partial charge is 0.346 e. The third-order valence-corrected chi connectivity index (χ3v) is 3.85. The van der Waals surface area contributed by atoms with Crippen LogP contribution in [0.3, 0.4) is 0 Å². The molecule has 0 aromatic heterocycles. The Hall–Kier alpha value is -3.52. The fraction of sp³-hybridized carbons (Fsp3) is 0.0476. The summed E-state index contributed by atoms with van der Waals surface area (Å²) in [6.07, 6.45) is 0. The number of aryl methyl sites for hydroxylation is 1. The van der Waals surface area contributed by atoms with E-state index in [-0.39, 0.29) is 16.9 Å². The van der Waals surface area contributed by atoms with Crippen LogP contribution < -0.4 is 4.74 Å². The number of hydrogen-bond donors (Lipinski definition) is 0. The van der Waals surface area contributed by atoms with Gasteiger partial charge in [-0.1, -0.05) is 35.9 Å². The Morgan fingerprint density at radius 2 is 1.62 bits per heavy atom. The molecule has 0 N–H and O–H groups in total. The van der Waals surface area contributed by atoms with Gasteiger partial charge in [-0.15, -0.1) is 0 Å². The van der Waals surface area contributed by atoms with Crippen LogP contribution in [0.25, 0.3) is 11.1 Å². The van der Waals surface area contributed by atoms with E-state index in [2.05, 4.69) is 0 Å². The topological polar surface area (TPSA) is 50.1 Å². The van der Waals surface area contributed by atoms with Gasteiger partial charge in [-0.05, 0) is 42.3 Å². The fourth-order valence-electron chi connectivity index (χ4n) is 2.42. The molecule has 0 heterocycles. The molecule has 0 aliphatic rings. The molecule has 0 saturated heterocycles. The lowest BCUT2D eigenvalue weighted by molar-refractivity contribution is 0.0729. The first-order valence-electron chi connectivity index (χ1n) is 7.76. The predicted molar refractivity (Wildman–Crippen MR) is 92.6 cm³/mol. The second-order valence-electron chi connectivity index (χ2n) is 5.70. The number of carbonyl (C=O) groups is 1. The zero-order valence-electron chi connectivity index (χ0n) is 13.8. The summed E-state index contributed by atoms with van der Waals surface area (Å²) < 4.78 is 32.9. The molecule has 3 aromatic carbocycles. The van der Waals surface area contributed by atoms with Crippen LogP contribution in [-0.2, 0) is 0 Å². The molecule has 0 fully saturated rings. The molecule has 3 nitrogen and oxygen atoms in total. The van der Waals surface area contributed by atoms with Crippen molar-refractivity contribution in [1.82, 2.24) is 0 Å². The highest BCUT2D eigenvalue weighted by Gasteiger charge is 2.16. The number of halogens is 2. The summed E-state index contributed by atoms with van der Waals surface area (Å²) in [5.41, 5.74) is 2.11. The molecular weight excluding hydrogens is 336 g/mol. The third-order valence-electron chi connectivity index (χ3n) is 3.85. The molecule has 0 unspecified atom stereocenters. The van der Waals surface area contributed by atoms with Gasteiger partial charge in [0, 0.05) is 6.07 Å². The highest BCUT2D eigenvalue weighted by atomic mass is 19.1. The number of esters is 1. The molecule has 0 amide bonds. The Morgan fingerprint density at radius 3 is 2.23 bits per heavy atom. The van der Waals surface area contributed by atoms with E-state index < -0.39 is 17.6 Å². The largest absolute Gasteiger partial charge is 0.423 e. The normalized spacial score (nSPS) is 10.2. The van der Waals surface area contributed by atoms with E-state index in [0.717, 1.165) is 17.2 Å². The maximum atomic E-state index is 14.3. The van der Waals surface area contributed by atoms with Crippen molar-refractivity contribution in [3.05, 3.63) is 89.0 Å². The number of benzene rings is 3. The van der Waals surface area contributed by atoms with Gasteiger partial charge < -0.3 is 4.74 Å². The molecule has 5 heteroatoms. The van der Waals surface area contributed by atoms with Crippen molar-refractivity contribution in [3.63, 3.8) is 0 Å². The zero-order chi connectivity index (χ0) is 18.7. The number of nitriles is 1. The number of carbonyl (C=O) groups excluding carboxylic acids is 1. The summed E-state index contributed by atoms with van der Waals surface area (Å²) in [6.45, 7) is 1.95. The molecule has 128 valence electrons. The average Bonchev–Trinajstić information content (AvgIpc) is 2.62. The summed E-state index contributed by atoms with van der Waals surface area (Å²) in [5, 5.41) is 8.69. The summed E-state index contributed by atoms with van der Waals surface area (Å²) in [7, 11) is 0. The number of ether oxygens (including phenoxy) is 1. The molecule has 0 aliphatic carbocycles. The average molecular weight is 349 g/mol. The van der Waals surface area contributed by atoms with Crippen LogP contribution in [0.4, 0.5) is 8.78 Å². The minimum absolute atomic E-state index is 0.103. The van der Waals surface area contributed by atoms with E-state index in [1.807, 2.05) is 31.2 Å². The molecule has 0 spiro atoms. The SMILES string of the molecule is Cc1ccc(-c2ccc(C(=O)Oc3ccc(C#N)c(F)c3)c(F)c2)cc1. The van der Waals surface area contributed by atoms with E-state index in [0.29, 0.717) is 5.56 Å². The van der Waals surface area contributed by atoms with Crippen molar-refractivity contribution in [2.24, 2.45) is 0 Å². The monoisotopic (exact) mass is 349 g/mol. The third kappa shape index (κ3) is 3.60. The van der Waals surface area contributed by atoms with E-state index in [1.165, 1.54) is 24.3 Å². The van der Waals surface area contributed by atoms with E-state index in [1.54, 1.807) is 12.1 Å². The Labute approximate surface area is 149 Å². The minimum Gasteiger partial charge on any atom is -0.423 e. The second kappa shape index (κ2) is 7.16. The Morgan fingerprint density at radius 1 is 0.923 bits per heavy atom. The van der Waals surface area contributed by atoms with Crippen molar-refractivity contribution in [2.45, 2.75) is 6.92 Å². The predicted octanol–water partition coefficient (Wildman–Crippen LogP) is 5.03. The van der Waals surface area contributed by atoms with Gasteiger partial charge in [-0.2, -0.15) is 5.26 Å². The van der Waals surface area contributed by atoms with Gasteiger partial charge in [0.25, 0.3) is 0 Å². The molecule has 0 bridgehead atoms. The van der Waals surface area contributed by atoms with Crippen LogP contribution in [0.5, 0.6) is 5.75 Å². The molecule has 0 saturated carbocycles. The van der Waals surface area contributed by atoms with E-state index in [4.69, 9.17) is 10.00 Å².